The van der Waals surface area contributed by atoms with E-state index in [1.165, 1.54) is 12.8 Å². The first-order chi connectivity index (χ1) is 9.09. The van der Waals surface area contributed by atoms with Crippen molar-refractivity contribution in [2.75, 3.05) is 18.4 Å². The molecule has 0 unspecified atom stereocenters. The van der Waals surface area contributed by atoms with Crippen LogP contribution >= 0.6 is 0 Å². The molecule has 2 N–H and O–H groups in total. The molecule has 2 rings (SSSR count). The summed E-state index contributed by atoms with van der Waals surface area (Å²) in [7, 11) is 0. The van der Waals surface area contributed by atoms with Gasteiger partial charge in [0.05, 0.1) is 17.4 Å². The van der Waals surface area contributed by atoms with E-state index in [9.17, 15) is 4.79 Å². The number of nitrogens with one attached hydrogen (secondary N) is 2. The zero-order chi connectivity index (χ0) is 13.9. The second-order valence-electron chi connectivity index (χ2n) is 5.65. The first-order valence-corrected chi connectivity index (χ1v) is 7.05. The average Bonchev–Trinajstić information content (AvgIpc) is 3.18. The monoisotopic (exact) mass is 261 g/mol. The predicted octanol–water partition coefficient (Wildman–Crippen LogP) is 2.68. The highest BCUT2D eigenvalue weighted by atomic mass is 16.1. The van der Waals surface area contributed by atoms with E-state index in [1.807, 2.05) is 6.92 Å². The summed E-state index contributed by atoms with van der Waals surface area (Å²) in [5, 5.41) is 6.24. The van der Waals surface area contributed by atoms with Gasteiger partial charge in [0.1, 0.15) is 0 Å². The van der Waals surface area contributed by atoms with Crippen LogP contribution in [0.3, 0.4) is 0 Å². The van der Waals surface area contributed by atoms with E-state index in [0.717, 1.165) is 18.8 Å². The summed E-state index contributed by atoms with van der Waals surface area (Å²) in [4.78, 5) is 16.3. The van der Waals surface area contributed by atoms with Crippen molar-refractivity contribution in [2.24, 2.45) is 11.3 Å². The Bertz CT molecular complexity index is 452. The van der Waals surface area contributed by atoms with Crippen molar-refractivity contribution < 1.29 is 4.79 Å². The average molecular weight is 261 g/mol. The van der Waals surface area contributed by atoms with E-state index in [-0.39, 0.29) is 5.91 Å². The fourth-order valence-corrected chi connectivity index (χ4v) is 2.39. The van der Waals surface area contributed by atoms with Gasteiger partial charge in [-0.3, -0.25) is 9.78 Å². The number of nitrogens with zero attached hydrogens (tertiary/aromatic N) is 1. The summed E-state index contributed by atoms with van der Waals surface area (Å²) in [6.45, 7) is 8.03. The van der Waals surface area contributed by atoms with Gasteiger partial charge in [-0.05, 0) is 37.2 Å². The molecule has 1 aromatic rings. The van der Waals surface area contributed by atoms with Crippen LogP contribution in [0.2, 0.25) is 0 Å². The molecule has 1 aliphatic carbocycles. The molecule has 0 radical (unpaired) electrons. The molecule has 1 aliphatic rings. The molecule has 0 aliphatic heterocycles. The number of amides is 1. The molecule has 0 aromatic carbocycles. The van der Waals surface area contributed by atoms with Crippen molar-refractivity contribution in [1.29, 1.82) is 0 Å². The minimum Gasteiger partial charge on any atom is -0.383 e. The number of hydrogen-bond donors (Lipinski definition) is 2. The van der Waals surface area contributed by atoms with Gasteiger partial charge in [-0.2, -0.15) is 0 Å². The van der Waals surface area contributed by atoms with Gasteiger partial charge in [0.2, 0.25) is 0 Å². The topological polar surface area (TPSA) is 54.0 Å². The number of aromatic nitrogens is 1. The number of pyridine rings is 1. The number of carbonyl (C=O) groups is 1. The lowest BCUT2D eigenvalue weighted by Crippen LogP contribution is -2.33. The molecular weight excluding hydrogens is 238 g/mol. The van der Waals surface area contributed by atoms with Crippen molar-refractivity contribution in [3.63, 3.8) is 0 Å². The number of hydrogen-bond acceptors (Lipinski definition) is 3. The van der Waals surface area contributed by atoms with Crippen molar-refractivity contribution in [3.8, 4) is 0 Å². The third kappa shape index (κ3) is 3.06. The maximum Gasteiger partial charge on any atom is 0.253 e. The molecule has 19 heavy (non-hydrogen) atoms. The molecular formula is C15H23N3O. The summed E-state index contributed by atoms with van der Waals surface area (Å²) < 4.78 is 0. The smallest absolute Gasteiger partial charge is 0.253 e. The van der Waals surface area contributed by atoms with Crippen LogP contribution in [0.5, 0.6) is 0 Å². The van der Waals surface area contributed by atoms with Gasteiger partial charge >= 0.3 is 0 Å². The minimum atomic E-state index is -0.00900. The molecule has 0 saturated heterocycles. The summed E-state index contributed by atoms with van der Waals surface area (Å²) >= 11 is 0. The Labute approximate surface area is 115 Å². The van der Waals surface area contributed by atoms with Crippen LogP contribution in [0, 0.1) is 11.3 Å². The molecule has 1 aromatic heterocycles. The fourth-order valence-electron chi connectivity index (χ4n) is 2.39. The Morgan fingerprint density at radius 3 is 2.79 bits per heavy atom. The van der Waals surface area contributed by atoms with Crippen LogP contribution < -0.4 is 10.6 Å². The maximum absolute atomic E-state index is 12.3. The van der Waals surface area contributed by atoms with E-state index in [0.29, 0.717) is 16.9 Å². The molecule has 1 amide bonds. The number of carbonyl (C=O) groups excluding carboxylic acids is 1. The van der Waals surface area contributed by atoms with E-state index in [1.54, 1.807) is 18.5 Å². The molecule has 0 bridgehead atoms. The normalized spacial score (nSPS) is 16.2. The Kier molecular flexibility index (Phi) is 4.08. The lowest BCUT2D eigenvalue weighted by atomic mass is 9.92. The van der Waals surface area contributed by atoms with Crippen LogP contribution in [0.1, 0.15) is 44.0 Å². The summed E-state index contributed by atoms with van der Waals surface area (Å²) in [5.41, 5.74) is 1.81. The minimum absolute atomic E-state index is 0.00900. The van der Waals surface area contributed by atoms with Crippen LogP contribution in [0.4, 0.5) is 5.69 Å². The van der Waals surface area contributed by atoms with Crippen LogP contribution in [0.15, 0.2) is 18.5 Å². The van der Waals surface area contributed by atoms with E-state index in [2.05, 4.69) is 29.5 Å². The van der Waals surface area contributed by atoms with Gasteiger partial charge in [-0.25, -0.2) is 0 Å². The maximum atomic E-state index is 12.3. The molecule has 1 fully saturated rings. The highest BCUT2D eigenvalue weighted by Gasteiger charge is 2.45. The van der Waals surface area contributed by atoms with Crippen molar-refractivity contribution in [2.45, 2.75) is 33.6 Å². The number of anilines is 1. The Morgan fingerprint density at radius 1 is 1.47 bits per heavy atom. The Morgan fingerprint density at radius 2 is 2.21 bits per heavy atom. The van der Waals surface area contributed by atoms with Crippen molar-refractivity contribution in [1.82, 2.24) is 10.3 Å². The highest BCUT2D eigenvalue weighted by Crippen LogP contribution is 2.51. The summed E-state index contributed by atoms with van der Waals surface area (Å²) in [6, 6.07) is 1.77. The van der Waals surface area contributed by atoms with E-state index >= 15 is 0 Å². The van der Waals surface area contributed by atoms with Gasteiger partial charge in [-0.15, -0.1) is 0 Å². The molecule has 104 valence electrons. The largest absolute Gasteiger partial charge is 0.383 e. The standard InChI is InChI=1S/C15H23N3O/c1-4-17-13-9-16-8-5-12(13)14(19)18-10-15(6-7-15)11(2)3/h5,8-9,11,17H,4,6-7,10H2,1-3H3,(H,18,19). The summed E-state index contributed by atoms with van der Waals surface area (Å²) in [5.74, 6) is 0.615. The molecule has 4 heteroatoms. The second kappa shape index (κ2) is 5.59. The van der Waals surface area contributed by atoms with E-state index < -0.39 is 0 Å². The third-order valence-corrected chi connectivity index (χ3v) is 4.15. The van der Waals surface area contributed by atoms with Gasteiger partial charge in [0.25, 0.3) is 5.91 Å². The fraction of sp³-hybridized carbons (Fsp3) is 0.600. The van der Waals surface area contributed by atoms with Gasteiger partial charge in [0.15, 0.2) is 0 Å². The van der Waals surface area contributed by atoms with Crippen molar-refractivity contribution >= 4 is 11.6 Å². The SMILES string of the molecule is CCNc1cnccc1C(=O)NCC1(C(C)C)CC1. The molecule has 1 heterocycles. The quantitative estimate of drug-likeness (QED) is 0.827. The lowest BCUT2D eigenvalue weighted by molar-refractivity contribution is 0.0940. The molecule has 0 atom stereocenters. The molecule has 1 saturated carbocycles. The van der Waals surface area contributed by atoms with Crippen LogP contribution in [-0.2, 0) is 0 Å². The Balaban J connectivity index is 2.00. The van der Waals surface area contributed by atoms with Crippen LogP contribution in [-0.4, -0.2) is 24.0 Å². The molecule has 4 nitrogen and oxygen atoms in total. The van der Waals surface area contributed by atoms with Crippen molar-refractivity contribution in [3.05, 3.63) is 24.0 Å². The third-order valence-electron chi connectivity index (χ3n) is 4.15. The lowest BCUT2D eigenvalue weighted by Gasteiger charge is -2.20. The van der Waals surface area contributed by atoms with Gasteiger partial charge in [0, 0.05) is 19.3 Å². The van der Waals surface area contributed by atoms with Gasteiger partial charge in [-0.1, -0.05) is 13.8 Å². The first-order valence-electron chi connectivity index (χ1n) is 7.05. The zero-order valence-electron chi connectivity index (χ0n) is 12.0. The first kappa shape index (κ1) is 13.8. The number of rotatable bonds is 6. The Hall–Kier alpha value is -1.58. The second-order valence-corrected chi connectivity index (χ2v) is 5.65. The van der Waals surface area contributed by atoms with Crippen LogP contribution in [0.25, 0.3) is 0 Å². The molecule has 0 spiro atoms. The predicted molar refractivity (Wildman–Crippen MR) is 77.2 cm³/mol. The summed E-state index contributed by atoms with van der Waals surface area (Å²) in [6.07, 6.45) is 5.81. The van der Waals surface area contributed by atoms with Gasteiger partial charge < -0.3 is 10.6 Å². The highest BCUT2D eigenvalue weighted by molar-refractivity contribution is 5.99. The zero-order valence-corrected chi connectivity index (χ0v) is 12.0. The van der Waals surface area contributed by atoms with E-state index in [4.69, 9.17) is 0 Å².